The molecule has 0 aliphatic carbocycles. The fraction of sp³-hybridized carbons (Fsp3) is 0.565. The summed E-state index contributed by atoms with van der Waals surface area (Å²) in [6.45, 7) is 5.13. The number of carboxylic acid groups (broad SMARTS) is 1. The van der Waals surface area contributed by atoms with Crippen molar-refractivity contribution in [2.24, 2.45) is 17.4 Å². The maximum absolute atomic E-state index is 13.3. The number of carbonyl (C=O) groups is 8. The van der Waals surface area contributed by atoms with Crippen molar-refractivity contribution in [3.63, 3.8) is 0 Å². The highest BCUT2D eigenvalue weighted by Gasteiger charge is 2.32. The number of aliphatic hydroxyl groups is 1. The summed E-state index contributed by atoms with van der Waals surface area (Å²) in [5.74, 6) is -5.75. The molecule has 7 amide bonds. The van der Waals surface area contributed by atoms with Crippen molar-refractivity contribution in [3.8, 4) is 0 Å². The first-order chi connectivity index (χ1) is 30.0. The van der Waals surface area contributed by atoms with E-state index >= 15 is 0 Å². The van der Waals surface area contributed by atoms with E-state index in [9.17, 15) is 48.6 Å². The van der Waals surface area contributed by atoms with Crippen LogP contribution in [-0.2, 0) is 51.2 Å². The van der Waals surface area contributed by atoms with Crippen LogP contribution in [0.25, 0.3) is 0 Å². The standard InChI is InChI=1S/C46H69N7O10/c1-30(2)26-35(43(59)50-34(42(48)58)27-32-20-14-12-15-21-32)51-45(61)41(31(3)54)53-40(57)25-19-11-9-7-5-4-6-8-10-18-24-39(56)49-36(29-38(47)55)44(60)52-37(46(62)63)28-33-22-16-13-17-23-33/h12-17,20-23,30-31,34-37,41,54H,4-11,18-19,24-29H2,1-3H3,(H2,47,55)(H2,48,58)(H,49,56)(H,50,59)(H,51,61)(H,52,60)(H,53,57)(H,62,63)/t31-,34-,35-,36-,37-,41-/m0/s1. The van der Waals surface area contributed by atoms with Crippen LogP contribution < -0.4 is 38.1 Å². The molecule has 0 fully saturated rings. The van der Waals surface area contributed by atoms with E-state index in [1.54, 1.807) is 30.3 Å². The van der Waals surface area contributed by atoms with Gasteiger partial charge in [0.1, 0.15) is 30.2 Å². The number of benzene rings is 2. The zero-order chi connectivity index (χ0) is 46.7. The maximum atomic E-state index is 13.3. The van der Waals surface area contributed by atoms with E-state index in [-0.39, 0.29) is 38.0 Å². The molecule has 0 unspecified atom stereocenters. The second kappa shape index (κ2) is 29.5. The molecule has 0 aromatic heterocycles. The smallest absolute Gasteiger partial charge is 0.326 e. The van der Waals surface area contributed by atoms with Gasteiger partial charge in [0.2, 0.25) is 41.4 Å². The Morgan fingerprint density at radius 2 is 0.937 bits per heavy atom. The topological polar surface area (TPSA) is 289 Å². The molecule has 2 rings (SSSR count). The second-order valence-electron chi connectivity index (χ2n) is 16.5. The van der Waals surface area contributed by atoms with Crippen LogP contribution in [0, 0.1) is 5.92 Å². The lowest BCUT2D eigenvalue weighted by atomic mass is 10.0. The van der Waals surface area contributed by atoms with Crippen molar-refractivity contribution in [2.45, 2.75) is 160 Å². The Labute approximate surface area is 370 Å². The summed E-state index contributed by atoms with van der Waals surface area (Å²) in [6.07, 6.45) is 7.53. The van der Waals surface area contributed by atoms with Gasteiger partial charge in [-0.3, -0.25) is 33.6 Å². The molecular weight excluding hydrogens is 811 g/mol. The molecular formula is C46H69N7O10. The highest BCUT2D eigenvalue weighted by Crippen LogP contribution is 2.14. The van der Waals surface area contributed by atoms with Crippen LogP contribution in [0.3, 0.4) is 0 Å². The molecule has 0 aliphatic heterocycles. The zero-order valence-electron chi connectivity index (χ0n) is 36.9. The summed E-state index contributed by atoms with van der Waals surface area (Å²) in [4.78, 5) is 100. The van der Waals surface area contributed by atoms with E-state index in [1.807, 2.05) is 44.2 Å². The quantitative estimate of drug-likeness (QED) is 0.0484. The minimum atomic E-state index is -1.29. The highest BCUT2D eigenvalue weighted by atomic mass is 16.4. The lowest BCUT2D eigenvalue weighted by molar-refractivity contribution is -0.142. The Morgan fingerprint density at radius 3 is 1.37 bits per heavy atom. The molecule has 0 radical (unpaired) electrons. The van der Waals surface area contributed by atoms with Gasteiger partial charge in [-0.2, -0.15) is 0 Å². The number of nitrogens with two attached hydrogens (primary N) is 2. The van der Waals surface area contributed by atoms with Crippen molar-refractivity contribution in [1.82, 2.24) is 26.6 Å². The maximum Gasteiger partial charge on any atom is 0.326 e. The van der Waals surface area contributed by atoms with E-state index in [4.69, 9.17) is 11.5 Å². The van der Waals surface area contributed by atoms with Gasteiger partial charge >= 0.3 is 5.97 Å². The molecule has 0 aliphatic rings. The Balaban J connectivity index is 1.66. The average Bonchev–Trinajstić information content (AvgIpc) is 3.22. The molecule has 0 saturated heterocycles. The molecule has 11 N–H and O–H groups in total. The number of nitrogens with one attached hydrogen (secondary N) is 5. The Bertz CT molecular complexity index is 1760. The van der Waals surface area contributed by atoms with Crippen molar-refractivity contribution in [1.29, 1.82) is 0 Å². The van der Waals surface area contributed by atoms with Gasteiger partial charge in [0, 0.05) is 25.7 Å². The van der Waals surface area contributed by atoms with Gasteiger partial charge in [0.25, 0.3) is 0 Å². The molecule has 2 aromatic carbocycles. The number of carboxylic acids is 1. The third kappa shape index (κ3) is 22.7. The first-order valence-corrected chi connectivity index (χ1v) is 22.0. The summed E-state index contributed by atoms with van der Waals surface area (Å²) in [5.41, 5.74) is 12.4. The molecule has 0 heterocycles. The summed E-state index contributed by atoms with van der Waals surface area (Å²) in [5, 5.41) is 32.8. The Kier molecular flexibility index (Phi) is 24.9. The van der Waals surface area contributed by atoms with Gasteiger partial charge in [-0.05, 0) is 43.2 Å². The molecule has 6 atom stereocenters. The number of unbranched alkanes of at least 4 members (excludes halogenated alkanes) is 9. The first kappa shape index (κ1) is 53.3. The average molecular weight is 880 g/mol. The van der Waals surface area contributed by atoms with E-state index in [2.05, 4.69) is 26.6 Å². The largest absolute Gasteiger partial charge is 0.480 e. The minimum Gasteiger partial charge on any atom is -0.480 e. The van der Waals surface area contributed by atoms with E-state index < -0.39 is 90.1 Å². The van der Waals surface area contributed by atoms with E-state index in [1.165, 1.54) is 6.92 Å². The van der Waals surface area contributed by atoms with Gasteiger partial charge < -0.3 is 48.3 Å². The first-order valence-electron chi connectivity index (χ1n) is 22.0. The van der Waals surface area contributed by atoms with Gasteiger partial charge in [0.05, 0.1) is 12.5 Å². The molecule has 0 saturated carbocycles. The van der Waals surface area contributed by atoms with E-state index in [0.717, 1.165) is 56.9 Å². The fourth-order valence-electron chi connectivity index (χ4n) is 6.94. The summed E-state index contributed by atoms with van der Waals surface area (Å²) < 4.78 is 0. The fourth-order valence-corrected chi connectivity index (χ4v) is 6.94. The number of primary amides is 2. The van der Waals surface area contributed by atoms with Crippen molar-refractivity contribution >= 4 is 47.3 Å². The number of amides is 7. The number of aliphatic hydroxyl groups excluding tert-OH is 1. The Hall–Kier alpha value is -5.84. The summed E-state index contributed by atoms with van der Waals surface area (Å²) in [6, 6.07) is 11.9. The third-order valence-electron chi connectivity index (χ3n) is 10.4. The van der Waals surface area contributed by atoms with Gasteiger partial charge in [-0.15, -0.1) is 0 Å². The molecule has 348 valence electrons. The number of rotatable bonds is 32. The predicted molar refractivity (Wildman–Crippen MR) is 237 cm³/mol. The van der Waals surface area contributed by atoms with Crippen LogP contribution in [-0.4, -0.2) is 93.8 Å². The minimum absolute atomic E-state index is 0.0118. The van der Waals surface area contributed by atoms with Crippen molar-refractivity contribution < 1.29 is 48.6 Å². The predicted octanol–water partition coefficient (Wildman–Crippen LogP) is 2.45. The van der Waals surface area contributed by atoms with Crippen LogP contribution in [0.5, 0.6) is 0 Å². The molecule has 63 heavy (non-hydrogen) atoms. The Morgan fingerprint density at radius 1 is 0.524 bits per heavy atom. The molecule has 0 bridgehead atoms. The van der Waals surface area contributed by atoms with Crippen molar-refractivity contribution in [3.05, 3.63) is 71.8 Å². The summed E-state index contributed by atoms with van der Waals surface area (Å²) in [7, 11) is 0. The van der Waals surface area contributed by atoms with Gasteiger partial charge in [-0.1, -0.05) is 126 Å². The third-order valence-corrected chi connectivity index (χ3v) is 10.4. The van der Waals surface area contributed by atoms with Crippen molar-refractivity contribution in [2.75, 3.05) is 0 Å². The number of carbonyl (C=O) groups excluding carboxylic acids is 7. The van der Waals surface area contributed by atoms with Crippen LogP contribution >= 0.6 is 0 Å². The SMILES string of the molecule is CC(C)C[C@H](NC(=O)[C@@H](NC(=O)CCCCCCCCCCCCC(=O)N[C@@H](CC(N)=O)C(=O)N[C@@H](Cc1ccccc1)C(=O)O)[C@H](C)O)C(=O)N[C@@H](Cc1ccccc1)C(N)=O. The lowest BCUT2D eigenvalue weighted by Crippen LogP contribution is -2.59. The van der Waals surface area contributed by atoms with Crippen LogP contribution in [0.2, 0.25) is 0 Å². The molecule has 17 nitrogen and oxygen atoms in total. The monoisotopic (exact) mass is 880 g/mol. The highest BCUT2D eigenvalue weighted by molar-refractivity contribution is 5.95. The van der Waals surface area contributed by atoms with Crippen LogP contribution in [0.15, 0.2) is 60.7 Å². The van der Waals surface area contributed by atoms with Gasteiger partial charge in [0.15, 0.2) is 0 Å². The number of hydrogen-bond acceptors (Lipinski definition) is 9. The van der Waals surface area contributed by atoms with Gasteiger partial charge in [-0.25, -0.2) is 4.79 Å². The molecule has 0 spiro atoms. The summed E-state index contributed by atoms with van der Waals surface area (Å²) >= 11 is 0. The second-order valence-corrected chi connectivity index (χ2v) is 16.5. The van der Waals surface area contributed by atoms with E-state index in [0.29, 0.717) is 18.4 Å². The van der Waals surface area contributed by atoms with Crippen LogP contribution in [0.4, 0.5) is 0 Å². The molecule has 17 heteroatoms. The molecule has 2 aromatic rings. The number of hydrogen-bond donors (Lipinski definition) is 9. The van der Waals surface area contributed by atoms with Crippen LogP contribution in [0.1, 0.15) is 122 Å². The number of aliphatic carboxylic acids is 1. The zero-order valence-corrected chi connectivity index (χ0v) is 36.9. The lowest BCUT2D eigenvalue weighted by Gasteiger charge is -2.26. The normalized spacial score (nSPS) is 13.9.